The number of likely N-dealkylation sites (N-methyl/N-ethyl adjacent to an activating group) is 1. The first-order valence-corrected chi connectivity index (χ1v) is 5.85. The average molecular weight is 265 g/mol. The molecule has 1 fully saturated rings. The summed E-state index contributed by atoms with van der Waals surface area (Å²) < 4.78 is 0. The van der Waals surface area contributed by atoms with E-state index in [2.05, 4.69) is 0 Å². The second-order valence-electron chi connectivity index (χ2n) is 4.29. The third kappa shape index (κ3) is 1.19. The van der Waals surface area contributed by atoms with Crippen LogP contribution in [0.5, 0.6) is 0 Å². The topological polar surface area (TPSA) is 57.7 Å². The molecule has 0 N–H and O–H groups in total. The molecule has 0 aliphatic carbocycles. The molecule has 2 heterocycles. The highest BCUT2D eigenvalue weighted by atomic mass is 35.5. The summed E-state index contributed by atoms with van der Waals surface area (Å²) in [6, 6.07) is 5.63. The number of rotatable bonds is 1. The molecule has 2 atom stereocenters. The van der Waals surface area contributed by atoms with Gasteiger partial charge in [-0.3, -0.25) is 19.3 Å². The van der Waals surface area contributed by atoms with E-state index >= 15 is 0 Å². The molecule has 3 amide bonds. The number of nitrogens with zero attached hydrogens (tertiary/aromatic N) is 2. The van der Waals surface area contributed by atoms with E-state index in [0.717, 1.165) is 4.90 Å². The van der Waals surface area contributed by atoms with Crippen LogP contribution >= 0.6 is 11.6 Å². The Hall–Kier alpha value is -1.88. The number of amides is 3. The summed E-state index contributed by atoms with van der Waals surface area (Å²) in [6.45, 7) is 0. The van der Waals surface area contributed by atoms with Gasteiger partial charge in [0, 0.05) is 7.05 Å². The number of imide groups is 1. The molecule has 1 saturated heterocycles. The molecule has 2 aliphatic heterocycles. The largest absolute Gasteiger partial charge is 0.325 e. The number of alkyl halides is 1. The van der Waals surface area contributed by atoms with Crippen molar-refractivity contribution in [2.24, 2.45) is 0 Å². The molecule has 92 valence electrons. The third-order valence-electron chi connectivity index (χ3n) is 3.33. The minimum atomic E-state index is -0.885. The van der Waals surface area contributed by atoms with Gasteiger partial charge in [0.1, 0.15) is 5.50 Å². The summed E-state index contributed by atoms with van der Waals surface area (Å²) >= 11 is 5.97. The van der Waals surface area contributed by atoms with Crippen LogP contribution in [0, 0.1) is 0 Å². The molecule has 1 aromatic carbocycles. The Balaban J connectivity index is 2.01. The summed E-state index contributed by atoms with van der Waals surface area (Å²) in [7, 11) is 1.54. The van der Waals surface area contributed by atoms with Gasteiger partial charge in [0.05, 0.1) is 11.1 Å². The van der Waals surface area contributed by atoms with E-state index in [1.807, 2.05) is 0 Å². The molecule has 3 rings (SSSR count). The monoisotopic (exact) mass is 264 g/mol. The number of hydrogen-bond donors (Lipinski definition) is 0. The van der Waals surface area contributed by atoms with Crippen molar-refractivity contribution in [2.45, 2.75) is 11.5 Å². The number of benzene rings is 1. The van der Waals surface area contributed by atoms with E-state index < -0.39 is 23.4 Å². The Morgan fingerprint density at radius 3 is 2.00 bits per heavy atom. The molecule has 0 bridgehead atoms. The maximum absolute atomic E-state index is 12.1. The predicted molar refractivity (Wildman–Crippen MR) is 63.1 cm³/mol. The van der Waals surface area contributed by atoms with Crippen molar-refractivity contribution in [3.8, 4) is 0 Å². The van der Waals surface area contributed by atoms with Gasteiger partial charge in [0.2, 0.25) is 5.91 Å². The van der Waals surface area contributed by atoms with Crippen molar-refractivity contribution in [3.05, 3.63) is 35.4 Å². The van der Waals surface area contributed by atoms with Gasteiger partial charge in [-0.15, -0.1) is 0 Å². The minimum absolute atomic E-state index is 0.315. The van der Waals surface area contributed by atoms with E-state index in [-0.39, 0.29) is 5.91 Å². The normalized spacial score (nSPS) is 26.4. The van der Waals surface area contributed by atoms with Crippen LogP contribution in [0.15, 0.2) is 24.3 Å². The first-order valence-electron chi connectivity index (χ1n) is 5.41. The molecule has 0 saturated carbocycles. The van der Waals surface area contributed by atoms with Crippen LogP contribution in [0.3, 0.4) is 0 Å². The van der Waals surface area contributed by atoms with Crippen molar-refractivity contribution in [3.63, 3.8) is 0 Å². The van der Waals surface area contributed by atoms with Crippen LogP contribution in [0.25, 0.3) is 0 Å². The van der Waals surface area contributed by atoms with Crippen LogP contribution < -0.4 is 0 Å². The molecule has 0 aromatic heterocycles. The molecule has 0 spiro atoms. The van der Waals surface area contributed by atoms with Crippen LogP contribution in [-0.2, 0) is 4.79 Å². The third-order valence-corrected chi connectivity index (χ3v) is 3.87. The molecule has 6 heteroatoms. The van der Waals surface area contributed by atoms with Crippen molar-refractivity contribution in [2.75, 3.05) is 7.05 Å². The summed E-state index contributed by atoms with van der Waals surface area (Å²) in [4.78, 5) is 38.2. The van der Waals surface area contributed by atoms with E-state index in [0.29, 0.717) is 11.1 Å². The van der Waals surface area contributed by atoms with Gasteiger partial charge >= 0.3 is 0 Å². The number of halogens is 1. The number of β-lactam (4-membered cyclic amide) rings is 1. The van der Waals surface area contributed by atoms with Crippen LogP contribution in [0.4, 0.5) is 0 Å². The van der Waals surface area contributed by atoms with E-state index in [9.17, 15) is 14.4 Å². The summed E-state index contributed by atoms with van der Waals surface area (Å²) in [5, 5.41) is 0. The Labute approximate surface area is 108 Å². The molecule has 5 nitrogen and oxygen atoms in total. The highest BCUT2D eigenvalue weighted by Crippen LogP contribution is 2.33. The molecule has 2 unspecified atom stereocenters. The first-order chi connectivity index (χ1) is 8.54. The second kappa shape index (κ2) is 3.55. The number of fused-ring (bicyclic) bond motifs is 1. The van der Waals surface area contributed by atoms with E-state index in [1.165, 1.54) is 11.9 Å². The van der Waals surface area contributed by atoms with Crippen molar-refractivity contribution < 1.29 is 14.4 Å². The quantitative estimate of drug-likeness (QED) is 0.325. The van der Waals surface area contributed by atoms with Crippen LogP contribution in [0.2, 0.25) is 0 Å². The minimum Gasteiger partial charge on any atom is -0.325 e. The van der Waals surface area contributed by atoms with Gasteiger partial charge in [-0.05, 0) is 12.1 Å². The lowest BCUT2D eigenvalue weighted by Gasteiger charge is -2.44. The van der Waals surface area contributed by atoms with Gasteiger partial charge in [-0.1, -0.05) is 23.7 Å². The van der Waals surface area contributed by atoms with Gasteiger partial charge in [-0.2, -0.15) is 0 Å². The number of carbonyl (C=O) groups excluding carboxylic acids is 3. The Bertz CT molecular complexity index is 551. The maximum atomic E-state index is 12.1. The summed E-state index contributed by atoms with van der Waals surface area (Å²) in [6.07, 6.45) is 0. The fourth-order valence-corrected chi connectivity index (χ4v) is 2.59. The van der Waals surface area contributed by atoms with Gasteiger partial charge in [0.25, 0.3) is 11.8 Å². The Kier molecular flexibility index (Phi) is 2.22. The van der Waals surface area contributed by atoms with Crippen molar-refractivity contribution in [1.29, 1.82) is 0 Å². The summed E-state index contributed by atoms with van der Waals surface area (Å²) in [5.41, 5.74) is 0.00199. The number of likely N-dealkylation sites (tertiary alicyclic amines) is 1. The molecule has 18 heavy (non-hydrogen) atoms. The summed E-state index contributed by atoms with van der Waals surface area (Å²) in [5.74, 6) is -1.22. The molecular formula is C12H9ClN2O3. The fourth-order valence-electron chi connectivity index (χ4n) is 2.27. The molecule has 2 aliphatic rings. The lowest BCUT2D eigenvalue weighted by atomic mass is 10.1. The number of carbonyl (C=O) groups is 3. The zero-order valence-corrected chi connectivity index (χ0v) is 10.2. The smallest absolute Gasteiger partial charge is 0.262 e. The van der Waals surface area contributed by atoms with Crippen LogP contribution in [-0.4, -0.2) is 46.1 Å². The zero-order valence-electron chi connectivity index (χ0n) is 9.46. The van der Waals surface area contributed by atoms with Gasteiger partial charge in [-0.25, -0.2) is 0 Å². The molecule has 0 radical (unpaired) electrons. The molecule has 1 aromatic rings. The lowest BCUT2D eigenvalue weighted by Crippen LogP contribution is -2.68. The van der Waals surface area contributed by atoms with Gasteiger partial charge < -0.3 is 4.90 Å². The number of hydrogen-bond acceptors (Lipinski definition) is 3. The highest BCUT2D eigenvalue weighted by Gasteiger charge is 2.54. The zero-order chi connectivity index (χ0) is 13.0. The fraction of sp³-hybridized carbons (Fsp3) is 0.250. The van der Waals surface area contributed by atoms with Crippen molar-refractivity contribution >= 4 is 29.3 Å². The molecular weight excluding hydrogens is 256 g/mol. The predicted octanol–water partition coefficient (Wildman–Crippen LogP) is 0.688. The average Bonchev–Trinajstić information content (AvgIpc) is 2.64. The van der Waals surface area contributed by atoms with Gasteiger partial charge in [0.15, 0.2) is 6.04 Å². The Morgan fingerprint density at radius 1 is 1.06 bits per heavy atom. The second-order valence-corrected chi connectivity index (χ2v) is 4.74. The lowest BCUT2D eigenvalue weighted by molar-refractivity contribution is -0.147. The Morgan fingerprint density at radius 2 is 1.56 bits per heavy atom. The highest BCUT2D eigenvalue weighted by molar-refractivity contribution is 6.29. The van der Waals surface area contributed by atoms with E-state index in [1.54, 1.807) is 24.3 Å². The SMILES string of the molecule is CN1C(=O)C(N2C(=O)c3ccccc3C2=O)C1Cl. The van der Waals surface area contributed by atoms with Crippen molar-refractivity contribution in [1.82, 2.24) is 9.80 Å². The first kappa shape index (κ1) is 11.2. The standard InChI is InChI=1S/C12H9ClN2O3/c1-14-9(13)8(12(14)18)15-10(16)6-4-2-3-5-7(6)11(15)17/h2-5,8-9H,1H3. The maximum Gasteiger partial charge on any atom is 0.262 e. The van der Waals surface area contributed by atoms with Crippen LogP contribution in [0.1, 0.15) is 20.7 Å². The van der Waals surface area contributed by atoms with E-state index in [4.69, 9.17) is 11.6 Å².